The maximum absolute atomic E-state index is 8.68. The Bertz CT molecular complexity index is 326. The molecule has 0 bridgehead atoms. The van der Waals surface area contributed by atoms with Gasteiger partial charge in [0.2, 0.25) is 0 Å². The summed E-state index contributed by atoms with van der Waals surface area (Å²) in [7, 11) is 0. The number of nitrogens with zero attached hydrogens (tertiary/aromatic N) is 1. The summed E-state index contributed by atoms with van der Waals surface area (Å²) in [6, 6.07) is 4.35. The van der Waals surface area contributed by atoms with Gasteiger partial charge in [0.15, 0.2) is 12.4 Å². The fraction of sp³-hybridized carbons (Fsp3) is 0.722. The predicted octanol–water partition coefficient (Wildman–Crippen LogP) is 1.18. The third kappa shape index (κ3) is 11.7. The third-order valence-corrected chi connectivity index (χ3v) is 3.88. The van der Waals surface area contributed by atoms with E-state index < -0.39 is 0 Å². The number of hydrogen-bond donors (Lipinski definition) is 1. The minimum absolute atomic E-state index is 0. The van der Waals surface area contributed by atoms with Gasteiger partial charge in [-0.2, -0.15) is 0 Å². The van der Waals surface area contributed by atoms with E-state index in [2.05, 4.69) is 36.0 Å². The van der Waals surface area contributed by atoms with E-state index in [0.717, 1.165) is 13.0 Å². The Morgan fingerprint density at radius 3 is 1.67 bits per heavy atom. The molecule has 1 heterocycles. The summed E-state index contributed by atoms with van der Waals surface area (Å²) in [6.45, 7) is 3.65. The fourth-order valence-corrected chi connectivity index (χ4v) is 2.50. The van der Waals surface area contributed by atoms with Crippen LogP contribution in [0.1, 0.15) is 69.8 Å². The molecule has 0 atom stereocenters. The van der Waals surface area contributed by atoms with Gasteiger partial charge in [-0.15, -0.1) is 0 Å². The smallest absolute Gasteiger partial charge is 0.169 e. The molecule has 21 heavy (non-hydrogen) atoms. The number of aryl methyl sites for hydroxylation is 2. The second kappa shape index (κ2) is 14.3. The van der Waals surface area contributed by atoms with Gasteiger partial charge in [-0.05, 0) is 25.3 Å². The molecule has 1 aromatic rings. The number of rotatable bonds is 12. The number of pyridine rings is 1. The lowest BCUT2D eigenvalue weighted by molar-refractivity contribution is -0.697. The van der Waals surface area contributed by atoms with Crippen LogP contribution in [0, 0.1) is 6.92 Å². The van der Waals surface area contributed by atoms with Gasteiger partial charge in [0, 0.05) is 25.2 Å². The lowest BCUT2D eigenvalue weighted by Crippen LogP contribution is -3.00. The molecule has 122 valence electrons. The summed E-state index contributed by atoms with van der Waals surface area (Å²) >= 11 is 0. The maximum atomic E-state index is 8.68. The molecule has 0 radical (unpaired) electrons. The van der Waals surface area contributed by atoms with Crippen molar-refractivity contribution in [3.63, 3.8) is 0 Å². The highest BCUT2D eigenvalue weighted by molar-refractivity contribution is 5.03. The van der Waals surface area contributed by atoms with Crippen LogP contribution < -0.4 is 17.0 Å². The number of aliphatic hydroxyl groups is 1. The molecule has 1 aromatic heterocycles. The van der Waals surface area contributed by atoms with Gasteiger partial charge in [-0.3, -0.25) is 0 Å². The van der Waals surface area contributed by atoms with Crippen molar-refractivity contribution in [1.82, 2.24) is 0 Å². The Morgan fingerprint density at radius 2 is 1.19 bits per heavy atom. The molecule has 0 saturated heterocycles. The molecule has 3 heteroatoms. The van der Waals surface area contributed by atoms with E-state index in [9.17, 15) is 0 Å². The molecule has 0 saturated carbocycles. The quantitative estimate of drug-likeness (QED) is 0.455. The van der Waals surface area contributed by atoms with Crippen molar-refractivity contribution in [2.24, 2.45) is 0 Å². The van der Waals surface area contributed by atoms with Crippen LogP contribution in [0.25, 0.3) is 0 Å². The van der Waals surface area contributed by atoms with Crippen LogP contribution >= 0.6 is 0 Å². The normalized spacial score (nSPS) is 10.4. The third-order valence-electron chi connectivity index (χ3n) is 3.88. The summed E-state index contributed by atoms with van der Waals surface area (Å²) in [5.41, 5.74) is 1.33. The van der Waals surface area contributed by atoms with Crippen LogP contribution in [0.5, 0.6) is 0 Å². The molecule has 0 aromatic carbocycles. The highest BCUT2D eigenvalue weighted by atomic mass is 35.5. The molecule has 2 nitrogen and oxygen atoms in total. The van der Waals surface area contributed by atoms with E-state index in [1.807, 2.05) is 0 Å². The van der Waals surface area contributed by atoms with Gasteiger partial charge < -0.3 is 17.5 Å². The Balaban J connectivity index is 0.00000400. The summed E-state index contributed by atoms with van der Waals surface area (Å²) in [6.07, 6.45) is 17.4. The minimum atomic E-state index is 0. The molecule has 0 aliphatic rings. The van der Waals surface area contributed by atoms with Crippen molar-refractivity contribution in [1.29, 1.82) is 0 Å². The topological polar surface area (TPSA) is 24.1 Å². The summed E-state index contributed by atoms with van der Waals surface area (Å²) in [4.78, 5) is 0. The first kappa shape index (κ1) is 20.4. The van der Waals surface area contributed by atoms with Crippen molar-refractivity contribution in [3.05, 3.63) is 30.1 Å². The standard InChI is InChI=1S/C18H32NO.ClH/c1-18-12-15-19(16-13-18)14-10-8-6-4-2-3-5-7-9-11-17-20;/h12-13,15-16,20H,2-11,14,17H2,1H3;1H/q+1;/p-1. The van der Waals surface area contributed by atoms with Crippen LogP contribution in [0.2, 0.25) is 0 Å². The van der Waals surface area contributed by atoms with Crippen LogP contribution in [0.4, 0.5) is 0 Å². The van der Waals surface area contributed by atoms with E-state index in [0.29, 0.717) is 6.61 Å². The maximum Gasteiger partial charge on any atom is 0.169 e. The molecule has 0 aliphatic carbocycles. The Hall–Kier alpha value is -0.600. The lowest BCUT2D eigenvalue weighted by Gasteiger charge is -2.02. The van der Waals surface area contributed by atoms with Crippen molar-refractivity contribution < 1.29 is 22.1 Å². The first-order chi connectivity index (χ1) is 9.83. The summed E-state index contributed by atoms with van der Waals surface area (Å²) < 4.78 is 2.29. The second-order valence-corrected chi connectivity index (χ2v) is 5.87. The number of halogens is 1. The van der Waals surface area contributed by atoms with Gasteiger partial charge in [0.05, 0.1) is 0 Å². The number of hydrogen-bond acceptors (Lipinski definition) is 1. The number of unbranched alkanes of at least 4 members (excludes halogenated alkanes) is 9. The van der Waals surface area contributed by atoms with Crippen molar-refractivity contribution in [3.8, 4) is 0 Å². The van der Waals surface area contributed by atoms with Crippen molar-refractivity contribution in [2.45, 2.75) is 77.7 Å². The minimum Gasteiger partial charge on any atom is -1.00 e. The highest BCUT2D eigenvalue weighted by Gasteiger charge is 1.99. The predicted molar refractivity (Wildman–Crippen MR) is 84.6 cm³/mol. The fourth-order valence-electron chi connectivity index (χ4n) is 2.50. The molecular formula is C18H32ClNO. The van der Waals surface area contributed by atoms with Crippen molar-refractivity contribution in [2.75, 3.05) is 6.61 Å². The van der Waals surface area contributed by atoms with E-state index in [4.69, 9.17) is 5.11 Å². The highest BCUT2D eigenvalue weighted by Crippen LogP contribution is 2.10. The molecular weight excluding hydrogens is 282 g/mol. The molecule has 0 unspecified atom stereocenters. The van der Waals surface area contributed by atoms with Crippen molar-refractivity contribution >= 4 is 0 Å². The van der Waals surface area contributed by atoms with Gasteiger partial charge in [-0.25, -0.2) is 4.57 Å². The van der Waals surface area contributed by atoms with E-state index in [-0.39, 0.29) is 12.4 Å². The zero-order valence-corrected chi connectivity index (χ0v) is 14.3. The summed E-state index contributed by atoms with van der Waals surface area (Å²) in [5.74, 6) is 0. The molecule has 0 fully saturated rings. The molecule has 0 amide bonds. The average molecular weight is 314 g/mol. The monoisotopic (exact) mass is 313 g/mol. The largest absolute Gasteiger partial charge is 1.00 e. The number of aromatic nitrogens is 1. The Morgan fingerprint density at radius 1 is 0.762 bits per heavy atom. The first-order valence-electron chi connectivity index (χ1n) is 8.39. The van der Waals surface area contributed by atoms with Crippen LogP contribution in [0.15, 0.2) is 24.5 Å². The molecule has 0 aliphatic heterocycles. The molecule has 1 rings (SSSR count). The zero-order valence-electron chi connectivity index (χ0n) is 13.6. The van der Waals surface area contributed by atoms with E-state index in [1.54, 1.807) is 0 Å². The van der Waals surface area contributed by atoms with E-state index >= 15 is 0 Å². The Labute approximate surface area is 137 Å². The van der Waals surface area contributed by atoms with Gasteiger partial charge in [-0.1, -0.05) is 44.9 Å². The van der Waals surface area contributed by atoms with Crippen LogP contribution in [0.3, 0.4) is 0 Å². The zero-order chi connectivity index (χ0) is 14.5. The second-order valence-electron chi connectivity index (χ2n) is 5.87. The van der Waals surface area contributed by atoms with Gasteiger partial charge >= 0.3 is 0 Å². The van der Waals surface area contributed by atoms with Crippen LogP contribution in [-0.4, -0.2) is 11.7 Å². The van der Waals surface area contributed by atoms with Gasteiger partial charge in [0.1, 0.15) is 6.54 Å². The van der Waals surface area contributed by atoms with Gasteiger partial charge in [0.25, 0.3) is 0 Å². The molecule has 0 spiro atoms. The first-order valence-corrected chi connectivity index (χ1v) is 8.39. The van der Waals surface area contributed by atoms with E-state index in [1.165, 1.54) is 63.4 Å². The lowest BCUT2D eigenvalue weighted by atomic mass is 10.1. The molecule has 1 N–H and O–H groups in total. The Kier molecular flexibility index (Phi) is 13.9. The SMILES string of the molecule is Cc1cc[n+](CCCCCCCCCCCCO)cc1.[Cl-]. The average Bonchev–Trinajstić information content (AvgIpc) is 2.47. The van der Waals surface area contributed by atoms with Crippen LogP contribution in [-0.2, 0) is 6.54 Å². The summed E-state index contributed by atoms with van der Waals surface area (Å²) in [5, 5.41) is 8.68. The number of aliphatic hydroxyl groups excluding tert-OH is 1.